The number of nitrogens with zero attached hydrogens (tertiary/aromatic N) is 1. The van der Waals surface area contributed by atoms with Crippen LogP contribution >= 0.6 is 0 Å². The highest BCUT2D eigenvalue weighted by Crippen LogP contribution is 2.22. The number of benzene rings is 1. The summed E-state index contributed by atoms with van der Waals surface area (Å²) in [5, 5.41) is 8.89. The first-order chi connectivity index (χ1) is 9.56. The second-order valence-electron chi connectivity index (χ2n) is 4.83. The number of carboxylic acids is 1. The molecule has 0 fully saturated rings. The fraction of sp³-hybridized carbons (Fsp3) is 0.250. The van der Waals surface area contributed by atoms with Gasteiger partial charge in [0.15, 0.2) is 0 Å². The lowest BCUT2D eigenvalue weighted by molar-refractivity contribution is -0.136. The Morgan fingerprint density at radius 3 is 2.60 bits per heavy atom. The number of hydrogen-bond acceptors (Lipinski definition) is 3. The number of aliphatic carboxylic acids is 1. The van der Waals surface area contributed by atoms with E-state index in [1.165, 1.54) is 0 Å². The van der Waals surface area contributed by atoms with Crippen molar-refractivity contribution in [2.24, 2.45) is 0 Å². The Morgan fingerprint density at radius 2 is 2.00 bits per heavy atom. The van der Waals surface area contributed by atoms with Crippen LogP contribution < -0.4 is 0 Å². The third-order valence-corrected chi connectivity index (χ3v) is 2.81. The largest absolute Gasteiger partial charge is 0.481 e. The van der Waals surface area contributed by atoms with Gasteiger partial charge in [-0.3, -0.25) is 4.79 Å². The molecular formula is C16H17NO3. The first-order valence-electron chi connectivity index (χ1n) is 6.51. The average Bonchev–Trinajstić information content (AvgIpc) is 2.80. The van der Waals surface area contributed by atoms with Crippen LogP contribution in [0.2, 0.25) is 0 Å². The lowest BCUT2D eigenvalue weighted by Gasteiger charge is -2.00. The molecule has 0 spiro atoms. The number of oxazole rings is 1. The zero-order valence-electron chi connectivity index (χ0n) is 11.5. The van der Waals surface area contributed by atoms with E-state index in [0.29, 0.717) is 17.3 Å². The molecule has 4 heteroatoms. The van der Waals surface area contributed by atoms with Crippen molar-refractivity contribution in [1.29, 1.82) is 0 Å². The molecule has 1 heterocycles. The molecule has 1 aromatic heterocycles. The van der Waals surface area contributed by atoms with Gasteiger partial charge in [0.2, 0.25) is 5.89 Å². The Balaban J connectivity index is 2.24. The van der Waals surface area contributed by atoms with Crippen LogP contribution in [0.25, 0.3) is 12.2 Å². The molecule has 0 saturated carbocycles. The molecule has 2 rings (SSSR count). The molecule has 0 aliphatic rings. The molecule has 0 bridgehead atoms. The molecular weight excluding hydrogens is 254 g/mol. The predicted molar refractivity (Wildman–Crippen MR) is 77.3 cm³/mol. The Hall–Kier alpha value is -2.36. The second kappa shape index (κ2) is 6.19. The quantitative estimate of drug-likeness (QED) is 0.902. The number of rotatable bonds is 5. The molecule has 1 aromatic carbocycles. The van der Waals surface area contributed by atoms with Crippen LogP contribution in [0.4, 0.5) is 0 Å². The molecule has 0 aliphatic heterocycles. The standard InChI is InChI=1S/C16H17NO3/c1-11(2)16-13(10-15(18)19)17-14(20-16)9-8-12-6-4-3-5-7-12/h3-9,11H,10H2,1-2H3,(H,18,19). The lowest BCUT2D eigenvalue weighted by Crippen LogP contribution is -2.03. The minimum atomic E-state index is -0.904. The molecule has 0 radical (unpaired) electrons. The highest BCUT2D eigenvalue weighted by Gasteiger charge is 2.17. The van der Waals surface area contributed by atoms with Crippen molar-refractivity contribution in [2.75, 3.05) is 0 Å². The highest BCUT2D eigenvalue weighted by molar-refractivity contribution is 5.70. The lowest BCUT2D eigenvalue weighted by atomic mass is 10.1. The average molecular weight is 271 g/mol. The molecule has 0 amide bonds. The van der Waals surface area contributed by atoms with Crippen molar-refractivity contribution in [3.63, 3.8) is 0 Å². The van der Waals surface area contributed by atoms with Crippen molar-refractivity contribution in [3.8, 4) is 0 Å². The van der Waals surface area contributed by atoms with E-state index in [-0.39, 0.29) is 12.3 Å². The van der Waals surface area contributed by atoms with Crippen molar-refractivity contribution in [1.82, 2.24) is 4.98 Å². The van der Waals surface area contributed by atoms with Crippen LogP contribution in [0.15, 0.2) is 34.7 Å². The van der Waals surface area contributed by atoms with Gasteiger partial charge in [-0.1, -0.05) is 44.2 Å². The first-order valence-corrected chi connectivity index (χ1v) is 6.51. The summed E-state index contributed by atoms with van der Waals surface area (Å²) in [6.45, 7) is 3.91. The van der Waals surface area contributed by atoms with E-state index < -0.39 is 5.97 Å². The fourth-order valence-electron chi connectivity index (χ4n) is 1.91. The minimum Gasteiger partial charge on any atom is -0.481 e. The van der Waals surface area contributed by atoms with E-state index in [2.05, 4.69) is 4.98 Å². The Morgan fingerprint density at radius 1 is 1.30 bits per heavy atom. The van der Waals surface area contributed by atoms with Gasteiger partial charge < -0.3 is 9.52 Å². The maximum absolute atomic E-state index is 10.8. The Bertz CT molecular complexity index is 612. The molecule has 20 heavy (non-hydrogen) atoms. The number of hydrogen-bond donors (Lipinski definition) is 1. The van der Waals surface area contributed by atoms with Gasteiger partial charge >= 0.3 is 5.97 Å². The van der Waals surface area contributed by atoms with E-state index in [0.717, 1.165) is 5.56 Å². The summed E-state index contributed by atoms with van der Waals surface area (Å²) < 4.78 is 5.64. The Labute approximate surface area is 117 Å². The minimum absolute atomic E-state index is 0.107. The fourth-order valence-corrected chi connectivity index (χ4v) is 1.91. The van der Waals surface area contributed by atoms with Gasteiger partial charge in [0.25, 0.3) is 0 Å². The van der Waals surface area contributed by atoms with Gasteiger partial charge in [-0.25, -0.2) is 4.98 Å². The topological polar surface area (TPSA) is 63.3 Å². The summed E-state index contributed by atoms with van der Waals surface area (Å²) >= 11 is 0. The molecule has 0 aliphatic carbocycles. The zero-order valence-corrected chi connectivity index (χ0v) is 11.5. The SMILES string of the molecule is CC(C)c1oc(C=Cc2ccccc2)nc1CC(=O)O. The zero-order chi connectivity index (χ0) is 14.5. The van der Waals surface area contributed by atoms with Gasteiger partial charge in [-0.05, 0) is 11.6 Å². The van der Waals surface area contributed by atoms with E-state index in [4.69, 9.17) is 9.52 Å². The van der Waals surface area contributed by atoms with Crippen LogP contribution in [-0.4, -0.2) is 16.1 Å². The molecule has 0 unspecified atom stereocenters. The van der Waals surface area contributed by atoms with E-state index in [1.807, 2.05) is 50.3 Å². The van der Waals surface area contributed by atoms with Gasteiger partial charge in [0.05, 0.1) is 12.1 Å². The summed E-state index contributed by atoms with van der Waals surface area (Å²) in [6, 6.07) is 9.79. The third-order valence-electron chi connectivity index (χ3n) is 2.81. The number of carboxylic acid groups (broad SMARTS) is 1. The van der Waals surface area contributed by atoms with Gasteiger partial charge in [0.1, 0.15) is 5.76 Å². The van der Waals surface area contributed by atoms with Crippen molar-refractivity contribution in [3.05, 3.63) is 53.2 Å². The first kappa shape index (κ1) is 14.1. The summed E-state index contributed by atoms with van der Waals surface area (Å²) in [6.07, 6.45) is 3.53. The molecule has 2 aromatic rings. The summed E-state index contributed by atoms with van der Waals surface area (Å²) in [5.74, 6) is 0.281. The van der Waals surface area contributed by atoms with Crippen molar-refractivity contribution < 1.29 is 14.3 Å². The maximum atomic E-state index is 10.8. The van der Waals surface area contributed by atoms with Crippen LogP contribution in [0.1, 0.15) is 42.7 Å². The number of aromatic nitrogens is 1. The maximum Gasteiger partial charge on any atom is 0.309 e. The van der Waals surface area contributed by atoms with Gasteiger partial charge in [-0.15, -0.1) is 0 Å². The van der Waals surface area contributed by atoms with Gasteiger partial charge in [-0.2, -0.15) is 0 Å². The number of carbonyl (C=O) groups is 1. The van der Waals surface area contributed by atoms with Crippen molar-refractivity contribution >= 4 is 18.1 Å². The summed E-state index contributed by atoms with van der Waals surface area (Å²) in [7, 11) is 0. The third kappa shape index (κ3) is 3.57. The van der Waals surface area contributed by atoms with Crippen molar-refractivity contribution in [2.45, 2.75) is 26.2 Å². The molecule has 0 saturated heterocycles. The molecule has 104 valence electrons. The van der Waals surface area contributed by atoms with Crippen LogP contribution in [0.3, 0.4) is 0 Å². The van der Waals surface area contributed by atoms with E-state index in [1.54, 1.807) is 6.08 Å². The van der Waals surface area contributed by atoms with E-state index in [9.17, 15) is 4.79 Å². The normalized spacial score (nSPS) is 11.3. The smallest absolute Gasteiger partial charge is 0.309 e. The summed E-state index contributed by atoms with van der Waals surface area (Å²) in [5.41, 5.74) is 1.54. The highest BCUT2D eigenvalue weighted by atomic mass is 16.4. The Kier molecular flexibility index (Phi) is 4.35. The second-order valence-corrected chi connectivity index (χ2v) is 4.83. The van der Waals surface area contributed by atoms with Gasteiger partial charge in [0, 0.05) is 12.0 Å². The van der Waals surface area contributed by atoms with E-state index >= 15 is 0 Å². The molecule has 1 N–H and O–H groups in total. The predicted octanol–water partition coefficient (Wildman–Crippen LogP) is 3.60. The van der Waals surface area contributed by atoms with Crippen LogP contribution in [0, 0.1) is 0 Å². The van der Waals surface area contributed by atoms with Crippen LogP contribution in [0.5, 0.6) is 0 Å². The summed E-state index contributed by atoms with van der Waals surface area (Å²) in [4.78, 5) is 15.1. The molecule has 0 atom stereocenters. The molecule has 4 nitrogen and oxygen atoms in total. The van der Waals surface area contributed by atoms with Crippen LogP contribution in [-0.2, 0) is 11.2 Å². The monoisotopic (exact) mass is 271 g/mol.